The molecule has 1 atom stereocenters. The second-order valence-electron chi connectivity index (χ2n) is 4.56. The number of nitrogens with zero attached hydrogens (tertiary/aromatic N) is 2. The molecule has 0 aliphatic heterocycles. The maximum absolute atomic E-state index is 12.0. The van der Waals surface area contributed by atoms with E-state index >= 15 is 0 Å². The van der Waals surface area contributed by atoms with Crippen LogP contribution in [0.3, 0.4) is 0 Å². The van der Waals surface area contributed by atoms with E-state index in [1.165, 1.54) is 4.57 Å². The molecule has 92 valence electrons. The molecule has 0 radical (unpaired) electrons. The second kappa shape index (κ2) is 6.09. The van der Waals surface area contributed by atoms with Gasteiger partial charge in [0.15, 0.2) is 5.75 Å². The van der Waals surface area contributed by atoms with Crippen molar-refractivity contribution in [3.05, 3.63) is 28.7 Å². The highest BCUT2D eigenvalue weighted by Gasteiger charge is 2.07. The molecule has 0 aromatic carbocycles. The van der Waals surface area contributed by atoms with Crippen molar-refractivity contribution in [2.45, 2.75) is 27.3 Å². The summed E-state index contributed by atoms with van der Waals surface area (Å²) in [7, 11) is 0. The van der Waals surface area contributed by atoms with Crippen LogP contribution in [0, 0.1) is 23.2 Å². The molecule has 1 heterocycles. The van der Waals surface area contributed by atoms with E-state index in [2.05, 4.69) is 6.07 Å². The monoisotopic (exact) mass is 234 g/mol. The molecular formula is C13H18N2O2. The van der Waals surface area contributed by atoms with Gasteiger partial charge in [0.2, 0.25) is 0 Å². The van der Waals surface area contributed by atoms with Gasteiger partial charge in [0.1, 0.15) is 0 Å². The first-order chi connectivity index (χ1) is 8.04. The maximum Gasteiger partial charge on any atom is 0.292 e. The largest absolute Gasteiger partial charge is 0.488 e. The predicted molar refractivity (Wildman–Crippen MR) is 65.8 cm³/mol. The molecule has 1 rings (SSSR count). The first-order valence-electron chi connectivity index (χ1n) is 5.76. The van der Waals surface area contributed by atoms with Crippen LogP contribution in [0.2, 0.25) is 0 Å². The number of pyridine rings is 1. The van der Waals surface area contributed by atoms with E-state index in [0.717, 1.165) is 0 Å². The van der Waals surface area contributed by atoms with Gasteiger partial charge in [-0.25, -0.2) is 0 Å². The molecule has 0 fully saturated rings. The Morgan fingerprint density at radius 1 is 1.47 bits per heavy atom. The van der Waals surface area contributed by atoms with Gasteiger partial charge in [0.05, 0.1) is 18.6 Å². The number of ether oxygens (including phenoxy) is 1. The lowest BCUT2D eigenvalue weighted by Gasteiger charge is -2.11. The van der Waals surface area contributed by atoms with Crippen LogP contribution < -0.4 is 10.3 Å². The van der Waals surface area contributed by atoms with Gasteiger partial charge >= 0.3 is 0 Å². The van der Waals surface area contributed by atoms with Crippen molar-refractivity contribution in [3.8, 4) is 11.8 Å². The fourth-order valence-corrected chi connectivity index (χ4v) is 1.36. The summed E-state index contributed by atoms with van der Waals surface area (Å²) in [6.45, 7) is 6.76. The lowest BCUT2D eigenvalue weighted by atomic mass is 10.2. The van der Waals surface area contributed by atoms with Gasteiger partial charge in [-0.2, -0.15) is 5.26 Å². The molecule has 0 aliphatic rings. The van der Waals surface area contributed by atoms with Crippen LogP contribution in [0.4, 0.5) is 0 Å². The number of hydrogen-bond donors (Lipinski definition) is 0. The first kappa shape index (κ1) is 13.3. The van der Waals surface area contributed by atoms with Crippen LogP contribution in [0.5, 0.6) is 5.75 Å². The van der Waals surface area contributed by atoms with Crippen molar-refractivity contribution in [1.82, 2.24) is 4.57 Å². The highest BCUT2D eigenvalue weighted by Crippen LogP contribution is 2.05. The molecule has 4 heteroatoms. The Morgan fingerprint density at radius 2 is 2.18 bits per heavy atom. The minimum Gasteiger partial charge on any atom is -0.488 e. The Hall–Kier alpha value is -1.76. The van der Waals surface area contributed by atoms with E-state index < -0.39 is 0 Å². The van der Waals surface area contributed by atoms with Crippen molar-refractivity contribution < 1.29 is 4.74 Å². The van der Waals surface area contributed by atoms with Crippen LogP contribution in [0.15, 0.2) is 23.1 Å². The Labute approximate surface area is 101 Å². The summed E-state index contributed by atoms with van der Waals surface area (Å²) >= 11 is 0. The van der Waals surface area contributed by atoms with E-state index in [0.29, 0.717) is 24.8 Å². The van der Waals surface area contributed by atoms with Crippen molar-refractivity contribution in [2.75, 3.05) is 6.61 Å². The zero-order valence-corrected chi connectivity index (χ0v) is 10.5. The quantitative estimate of drug-likeness (QED) is 0.783. The summed E-state index contributed by atoms with van der Waals surface area (Å²) in [6, 6.07) is 5.54. The average molecular weight is 234 g/mol. The molecule has 4 nitrogen and oxygen atoms in total. The number of nitriles is 1. The van der Waals surface area contributed by atoms with Crippen LogP contribution in [0.25, 0.3) is 0 Å². The zero-order chi connectivity index (χ0) is 12.8. The second-order valence-corrected chi connectivity index (χ2v) is 4.56. The van der Waals surface area contributed by atoms with Crippen molar-refractivity contribution in [3.63, 3.8) is 0 Å². The molecule has 0 bridgehead atoms. The number of aromatic nitrogens is 1. The number of hydrogen-bond acceptors (Lipinski definition) is 3. The van der Waals surface area contributed by atoms with E-state index in [9.17, 15) is 4.79 Å². The van der Waals surface area contributed by atoms with Crippen LogP contribution in [-0.4, -0.2) is 11.2 Å². The third-order valence-corrected chi connectivity index (χ3v) is 2.25. The molecular weight excluding hydrogens is 216 g/mol. The third-order valence-electron chi connectivity index (χ3n) is 2.25. The molecule has 0 aliphatic carbocycles. The molecule has 0 N–H and O–H groups in total. The normalized spacial score (nSPS) is 12.2. The molecule has 1 aromatic rings. The third kappa shape index (κ3) is 3.95. The lowest BCUT2D eigenvalue weighted by Crippen LogP contribution is -2.24. The standard InChI is InChI=1S/C13H18N2O2/c1-10(2)9-17-12-5-4-6-15(13(12)16)8-11(3)7-14/h4-6,10-11H,8-9H2,1-3H3. The Morgan fingerprint density at radius 3 is 2.76 bits per heavy atom. The molecule has 0 amide bonds. The molecule has 1 unspecified atom stereocenters. The molecule has 1 aromatic heterocycles. The highest BCUT2D eigenvalue weighted by molar-refractivity contribution is 5.17. The number of rotatable bonds is 5. The van der Waals surface area contributed by atoms with Crippen LogP contribution in [0.1, 0.15) is 20.8 Å². The van der Waals surface area contributed by atoms with Crippen LogP contribution >= 0.6 is 0 Å². The summed E-state index contributed by atoms with van der Waals surface area (Å²) in [6.07, 6.45) is 1.68. The van der Waals surface area contributed by atoms with Gasteiger partial charge in [0.25, 0.3) is 5.56 Å². The van der Waals surface area contributed by atoms with Gasteiger partial charge < -0.3 is 9.30 Å². The Balaban J connectivity index is 2.85. The van der Waals surface area contributed by atoms with E-state index in [1.54, 1.807) is 25.3 Å². The molecule has 17 heavy (non-hydrogen) atoms. The summed E-state index contributed by atoms with van der Waals surface area (Å²) in [5.74, 6) is 0.542. The van der Waals surface area contributed by atoms with Gasteiger partial charge in [-0.05, 0) is 25.0 Å². The SMILES string of the molecule is CC(C)COc1cccn(CC(C)C#N)c1=O. The van der Waals surface area contributed by atoms with Gasteiger partial charge in [-0.15, -0.1) is 0 Å². The topological polar surface area (TPSA) is 55.0 Å². The van der Waals surface area contributed by atoms with Crippen LogP contribution in [-0.2, 0) is 6.54 Å². The van der Waals surface area contributed by atoms with E-state index in [1.807, 2.05) is 13.8 Å². The maximum atomic E-state index is 12.0. The summed E-state index contributed by atoms with van der Waals surface area (Å²) in [4.78, 5) is 12.0. The minimum atomic E-state index is -0.187. The fourth-order valence-electron chi connectivity index (χ4n) is 1.36. The Kier molecular flexibility index (Phi) is 4.77. The Bertz CT molecular complexity index is 457. The minimum absolute atomic E-state index is 0.171. The van der Waals surface area contributed by atoms with Crippen molar-refractivity contribution >= 4 is 0 Å². The average Bonchev–Trinajstić information content (AvgIpc) is 2.30. The highest BCUT2D eigenvalue weighted by atomic mass is 16.5. The van der Waals surface area contributed by atoms with E-state index in [4.69, 9.17) is 10.00 Å². The smallest absolute Gasteiger partial charge is 0.292 e. The fraction of sp³-hybridized carbons (Fsp3) is 0.538. The molecule has 0 saturated carbocycles. The van der Waals surface area contributed by atoms with Crippen molar-refractivity contribution in [1.29, 1.82) is 5.26 Å². The lowest BCUT2D eigenvalue weighted by molar-refractivity contribution is 0.265. The summed E-state index contributed by atoms with van der Waals surface area (Å²) in [5, 5.41) is 8.74. The molecule has 0 spiro atoms. The predicted octanol–water partition coefficient (Wildman–Crippen LogP) is 2.04. The summed E-state index contributed by atoms with van der Waals surface area (Å²) in [5.41, 5.74) is -0.171. The first-order valence-corrected chi connectivity index (χ1v) is 5.76. The van der Waals surface area contributed by atoms with E-state index in [-0.39, 0.29) is 11.5 Å². The zero-order valence-electron chi connectivity index (χ0n) is 10.5. The van der Waals surface area contributed by atoms with Crippen molar-refractivity contribution in [2.24, 2.45) is 11.8 Å². The van der Waals surface area contributed by atoms with Gasteiger partial charge in [-0.3, -0.25) is 4.79 Å². The molecule has 0 saturated heterocycles. The van der Waals surface area contributed by atoms with Gasteiger partial charge in [-0.1, -0.05) is 13.8 Å². The van der Waals surface area contributed by atoms with Gasteiger partial charge in [0, 0.05) is 12.7 Å². The summed E-state index contributed by atoms with van der Waals surface area (Å²) < 4.78 is 6.96.